The molecule has 1 aliphatic rings. The number of ether oxygens (including phenoxy) is 1. The lowest BCUT2D eigenvalue weighted by Crippen LogP contribution is -2.27. The summed E-state index contributed by atoms with van der Waals surface area (Å²) in [5.74, 6) is 0.261. The Kier molecular flexibility index (Phi) is 4.96. The Morgan fingerprint density at radius 2 is 2.03 bits per heavy atom. The van der Waals surface area contributed by atoms with Crippen molar-refractivity contribution in [2.45, 2.75) is 12.8 Å². The molecule has 2 aromatic heterocycles. The first-order chi connectivity index (χ1) is 14.0. The van der Waals surface area contributed by atoms with Gasteiger partial charge in [0, 0.05) is 18.1 Å². The largest absolute Gasteiger partial charge is 0.438 e. The van der Waals surface area contributed by atoms with Gasteiger partial charge in [-0.05, 0) is 31.0 Å². The number of anilines is 2. The second-order valence-corrected chi connectivity index (χ2v) is 6.37. The predicted molar refractivity (Wildman–Crippen MR) is 100.0 cm³/mol. The number of aromatic nitrogens is 3. The zero-order valence-corrected chi connectivity index (χ0v) is 15.3. The number of urea groups is 1. The first-order valence-electron chi connectivity index (χ1n) is 8.76. The van der Waals surface area contributed by atoms with Crippen LogP contribution in [0.1, 0.15) is 12.8 Å². The Balaban J connectivity index is 1.49. The lowest BCUT2D eigenvalue weighted by molar-refractivity contribution is -0.117. The third-order valence-electron chi connectivity index (χ3n) is 4.10. The summed E-state index contributed by atoms with van der Waals surface area (Å²) in [6.45, 7) is 0. The van der Waals surface area contributed by atoms with E-state index in [4.69, 9.17) is 4.74 Å². The van der Waals surface area contributed by atoms with E-state index < -0.39 is 11.8 Å². The van der Waals surface area contributed by atoms with Crippen LogP contribution in [0.25, 0.3) is 5.65 Å². The van der Waals surface area contributed by atoms with E-state index in [0.717, 1.165) is 18.9 Å². The van der Waals surface area contributed by atoms with Crippen molar-refractivity contribution in [3.63, 3.8) is 0 Å². The highest BCUT2D eigenvalue weighted by molar-refractivity contribution is 5.93. The van der Waals surface area contributed by atoms with Gasteiger partial charge in [0.2, 0.25) is 11.8 Å². The number of hydrogen-bond donors (Lipinski definition) is 3. The number of carbonyl (C=O) groups is 2. The molecule has 0 unspecified atom stereocenters. The third-order valence-corrected chi connectivity index (χ3v) is 4.10. The number of carbonyl (C=O) groups excluding carboxylic acids is 2. The molecule has 150 valence electrons. The minimum Gasteiger partial charge on any atom is -0.438 e. The molecular weight excluding hydrogens is 383 g/mol. The van der Waals surface area contributed by atoms with Gasteiger partial charge in [0.15, 0.2) is 11.5 Å². The molecule has 3 amide bonds. The van der Waals surface area contributed by atoms with Gasteiger partial charge >= 0.3 is 6.03 Å². The molecule has 3 N–H and O–H groups in total. The lowest BCUT2D eigenvalue weighted by Gasteiger charge is -2.09. The molecule has 29 heavy (non-hydrogen) atoms. The lowest BCUT2D eigenvalue weighted by atomic mass is 10.3. The fourth-order valence-corrected chi connectivity index (χ4v) is 2.58. The molecular formula is C18H17FN6O4. The van der Waals surface area contributed by atoms with Crippen molar-refractivity contribution >= 4 is 29.1 Å². The summed E-state index contributed by atoms with van der Waals surface area (Å²) in [5, 5.41) is 9.32. The number of halogens is 1. The van der Waals surface area contributed by atoms with Crippen molar-refractivity contribution in [3.8, 4) is 11.6 Å². The highest BCUT2D eigenvalue weighted by Crippen LogP contribution is 2.30. The maximum Gasteiger partial charge on any atom is 0.343 e. The van der Waals surface area contributed by atoms with Crippen molar-refractivity contribution in [1.29, 1.82) is 0 Å². The van der Waals surface area contributed by atoms with Crippen LogP contribution in [-0.2, 0) is 9.63 Å². The van der Waals surface area contributed by atoms with Crippen molar-refractivity contribution < 1.29 is 23.6 Å². The van der Waals surface area contributed by atoms with Crippen LogP contribution in [0.5, 0.6) is 11.6 Å². The van der Waals surface area contributed by atoms with E-state index in [1.807, 2.05) is 5.48 Å². The average molecular weight is 400 g/mol. The van der Waals surface area contributed by atoms with Gasteiger partial charge in [0.1, 0.15) is 11.6 Å². The smallest absolute Gasteiger partial charge is 0.343 e. The van der Waals surface area contributed by atoms with Crippen LogP contribution in [0.3, 0.4) is 0 Å². The van der Waals surface area contributed by atoms with Crippen molar-refractivity contribution in [1.82, 2.24) is 20.1 Å². The summed E-state index contributed by atoms with van der Waals surface area (Å²) in [4.78, 5) is 32.1. The molecule has 0 spiro atoms. The van der Waals surface area contributed by atoms with Crippen molar-refractivity contribution in [2.24, 2.45) is 5.92 Å². The van der Waals surface area contributed by atoms with Crippen molar-refractivity contribution in [2.75, 3.05) is 17.7 Å². The van der Waals surface area contributed by atoms with Gasteiger partial charge in [-0.2, -0.15) is 0 Å². The summed E-state index contributed by atoms with van der Waals surface area (Å²) in [6.07, 6.45) is 3.38. The Morgan fingerprint density at radius 3 is 2.79 bits per heavy atom. The second-order valence-electron chi connectivity index (χ2n) is 6.37. The monoisotopic (exact) mass is 400 g/mol. The Morgan fingerprint density at radius 1 is 1.21 bits per heavy atom. The Hall–Kier alpha value is -3.73. The van der Waals surface area contributed by atoms with Crippen LogP contribution in [-0.4, -0.2) is 33.6 Å². The molecule has 4 rings (SSSR count). The molecule has 0 atom stereocenters. The van der Waals surface area contributed by atoms with E-state index in [2.05, 4.69) is 25.6 Å². The normalized spacial score (nSPS) is 13.2. The number of nitrogens with zero attached hydrogens (tertiary/aromatic N) is 3. The summed E-state index contributed by atoms with van der Waals surface area (Å²) < 4.78 is 21.0. The molecule has 0 saturated heterocycles. The van der Waals surface area contributed by atoms with Gasteiger partial charge < -0.3 is 15.4 Å². The molecule has 0 aliphatic heterocycles. The Bertz CT molecular complexity index is 1080. The SMILES string of the molecule is CONC(=O)Nc1cc(Oc2ccc3nc(NC(=O)C4CC4)cn3n2)ccc1F. The zero-order valence-electron chi connectivity index (χ0n) is 15.3. The number of rotatable bonds is 6. The van der Waals surface area contributed by atoms with Crippen LogP contribution in [0, 0.1) is 11.7 Å². The van der Waals surface area contributed by atoms with Crippen LogP contribution < -0.4 is 20.9 Å². The number of benzene rings is 1. The van der Waals surface area contributed by atoms with Crippen LogP contribution in [0.2, 0.25) is 0 Å². The maximum atomic E-state index is 13.9. The van der Waals surface area contributed by atoms with E-state index in [0.29, 0.717) is 11.5 Å². The number of amides is 3. The zero-order chi connectivity index (χ0) is 20.4. The molecule has 11 heteroatoms. The topological polar surface area (TPSA) is 119 Å². The second kappa shape index (κ2) is 7.72. The van der Waals surface area contributed by atoms with E-state index in [9.17, 15) is 14.0 Å². The predicted octanol–water partition coefficient (Wildman–Crippen LogP) is 2.69. The molecule has 1 aliphatic carbocycles. The fourth-order valence-electron chi connectivity index (χ4n) is 2.58. The van der Waals surface area contributed by atoms with Gasteiger partial charge in [-0.1, -0.05) is 0 Å². The van der Waals surface area contributed by atoms with Gasteiger partial charge in [-0.25, -0.2) is 24.2 Å². The van der Waals surface area contributed by atoms with Gasteiger partial charge in [0.05, 0.1) is 19.0 Å². The minimum atomic E-state index is -0.734. The third kappa shape index (κ3) is 4.41. The summed E-state index contributed by atoms with van der Waals surface area (Å²) in [7, 11) is 1.26. The standard InChI is InChI=1S/C18H17FN6O4/c1-28-24-18(27)20-13-8-11(4-5-12(13)19)29-16-7-6-15-21-14(9-25(15)23-16)22-17(26)10-2-3-10/h4-10H,2-3H2,1H3,(H,22,26)(H2,20,24,27). The molecule has 0 radical (unpaired) electrons. The molecule has 3 aromatic rings. The molecule has 10 nitrogen and oxygen atoms in total. The fraction of sp³-hybridized carbons (Fsp3) is 0.222. The Labute approximate surface area is 164 Å². The van der Waals surface area contributed by atoms with Crippen LogP contribution in [0.4, 0.5) is 20.7 Å². The first kappa shape index (κ1) is 18.6. The van der Waals surface area contributed by atoms with Crippen LogP contribution >= 0.6 is 0 Å². The first-order valence-corrected chi connectivity index (χ1v) is 8.76. The van der Waals surface area contributed by atoms with Gasteiger partial charge in [-0.3, -0.25) is 9.63 Å². The molecule has 1 saturated carbocycles. The number of imidazole rings is 1. The van der Waals surface area contributed by atoms with Gasteiger partial charge in [0.25, 0.3) is 0 Å². The summed E-state index contributed by atoms with van der Waals surface area (Å²) >= 11 is 0. The number of fused-ring (bicyclic) bond motifs is 1. The van der Waals surface area contributed by atoms with E-state index in [1.54, 1.807) is 18.3 Å². The van der Waals surface area contributed by atoms with E-state index in [-0.39, 0.29) is 29.1 Å². The van der Waals surface area contributed by atoms with E-state index >= 15 is 0 Å². The molecule has 0 bridgehead atoms. The highest BCUT2D eigenvalue weighted by Gasteiger charge is 2.30. The molecule has 1 fully saturated rings. The number of hydroxylamine groups is 1. The number of nitrogens with one attached hydrogen (secondary N) is 3. The van der Waals surface area contributed by atoms with E-state index in [1.165, 1.54) is 23.8 Å². The number of hydrogen-bond acceptors (Lipinski definition) is 6. The highest BCUT2D eigenvalue weighted by atomic mass is 19.1. The van der Waals surface area contributed by atoms with Crippen molar-refractivity contribution in [3.05, 3.63) is 42.3 Å². The minimum absolute atomic E-state index is 0.0475. The molecule has 2 heterocycles. The maximum absolute atomic E-state index is 13.9. The average Bonchev–Trinajstić information content (AvgIpc) is 3.46. The summed E-state index contributed by atoms with van der Waals surface area (Å²) in [6, 6.07) is 6.38. The molecule has 1 aromatic carbocycles. The summed E-state index contributed by atoms with van der Waals surface area (Å²) in [5.41, 5.74) is 2.46. The van der Waals surface area contributed by atoms with Gasteiger partial charge in [-0.15, -0.1) is 5.10 Å². The van der Waals surface area contributed by atoms with Crippen LogP contribution in [0.15, 0.2) is 36.5 Å². The quantitative estimate of drug-likeness (QED) is 0.548.